The van der Waals surface area contributed by atoms with E-state index < -0.39 is 23.3 Å². The molecule has 9 heteroatoms. The molecule has 0 saturated heterocycles. The first kappa shape index (κ1) is 16.7. The van der Waals surface area contributed by atoms with E-state index >= 15 is 0 Å². The predicted octanol–water partition coefficient (Wildman–Crippen LogP) is 2.82. The minimum absolute atomic E-state index is 0.0987. The van der Waals surface area contributed by atoms with Gasteiger partial charge < -0.3 is 9.84 Å². The van der Waals surface area contributed by atoms with Crippen LogP contribution in [-0.2, 0) is 6.18 Å². The molecule has 0 fully saturated rings. The van der Waals surface area contributed by atoms with Crippen molar-refractivity contribution in [3.05, 3.63) is 52.2 Å². The summed E-state index contributed by atoms with van der Waals surface area (Å²) in [6, 6.07) is 4.58. The molecule has 0 aliphatic heterocycles. The van der Waals surface area contributed by atoms with E-state index in [1.165, 1.54) is 25.4 Å². The van der Waals surface area contributed by atoms with E-state index in [0.29, 0.717) is 5.69 Å². The predicted molar refractivity (Wildman–Crippen MR) is 83.1 cm³/mol. The van der Waals surface area contributed by atoms with Gasteiger partial charge in [0.05, 0.1) is 29.6 Å². The molecule has 1 aromatic carbocycles. The maximum atomic E-state index is 13.2. The molecular formula is C16H12F3N3O3. The van der Waals surface area contributed by atoms with Crippen molar-refractivity contribution in [1.29, 1.82) is 0 Å². The Hall–Kier alpha value is -3.10. The number of aromatic nitrogens is 3. The largest absolute Gasteiger partial charge is 0.496 e. The molecule has 3 rings (SSSR count). The highest BCUT2D eigenvalue weighted by Gasteiger charge is 2.33. The fraction of sp³-hybridized carbons (Fsp3) is 0.188. The Morgan fingerprint density at radius 1 is 1.28 bits per heavy atom. The summed E-state index contributed by atoms with van der Waals surface area (Å²) in [7, 11) is 1.17. The van der Waals surface area contributed by atoms with Gasteiger partial charge in [-0.15, -0.1) is 0 Å². The van der Waals surface area contributed by atoms with E-state index in [-0.39, 0.29) is 22.3 Å². The summed E-state index contributed by atoms with van der Waals surface area (Å²) >= 11 is 0. The number of nitrogens with zero attached hydrogens (tertiary/aromatic N) is 3. The molecule has 0 aliphatic carbocycles. The molecule has 25 heavy (non-hydrogen) atoms. The minimum atomic E-state index is -4.66. The van der Waals surface area contributed by atoms with E-state index in [2.05, 4.69) is 9.97 Å². The molecule has 0 saturated carbocycles. The lowest BCUT2D eigenvalue weighted by Crippen LogP contribution is -2.23. The van der Waals surface area contributed by atoms with Gasteiger partial charge in [-0.3, -0.25) is 9.55 Å². The number of benzene rings is 1. The Balaban J connectivity index is 2.53. The summed E-state index contributed by atoms with van der Waals surface area (Å²) in [5.74, 6) is -0.950. The zero-order valence-electron chi connectivity index (χ0n) is 13.1. The number of alkyl halides is 3. The molecule has 130 valence electrons. The molecule has 0 radical (unpaired) electrons. The number of methoxy groups -OCH3 is 1. The molecule has 6 nitrogen and oxygen atoms in total. The summed E-state index contributed by atoms with van der Waals surface area (Å²) in [6.45, 7) is 1.60. The number of fused-ring (bicyclic) bond motifs is 1. The van der Waals surface area contributed by atoms with E-state index in [1.54, 1.807) is 6.92 Å². The zero-order chi connectivity index (χ0) is 18.4. The Labute approximate surface area is 139 Å². The highest BCUT2D eigenvalue weighted by Crippen LogP contribution is 2.39. The van der Waals surface area contributed by atoms with Crippen molar-refractivity contribution in [3.63, 3.8) is 0 Å². The first-order valence-electron chi connectivity index (χ1n) is 7.07. The summed E-state index contributed by atoms with van der Waals surface area (Å²) in [6.07, 6.45) is -3.17. The van der Waals surface area contributed by atoms with E-state index in [4.69, 9.17) is 4.74 Å². The molecule has 3 aromatic rings. The number of ether oxygens (including phenoxy) is 1. The van der Waals surface area contributed by atoms with E-state index in [1.807, 2.05) is 0 Å². The maximum absolute atomic E-state index is 13.2. The van der Waals surface area contributed by atoms with Gasteiger partial charge in [0, 0.05) is 6.20 Å². The first-order valence-corrected chi connectivity index (χ1v) is 7.07. The Morgan fingerprint density at radius 3 is 2.60 bits per heavy atom. The van der Waals surface area contributed by atoms with Gasteiger partial charge in [0.15, 0.2) is 0 Å². The molecule has 1 N–H and O–H groups in total. The van der Waals surface area contributed by atoms with Gasteiger partial charge in [-0.05, 0) is 31.2 Å². The number of rotatable bonds is 2. The highest BCUT2D eigenvalue weighted by atomic mass is 19.4. The lowest BCUT2D eigenvalue weighted by Gasteiger charge is -2.16. The maximum Gasteiger partial charge on any atom is 0.416 e. The summed E-state index contributed by atoms with van der Waals surface area (Å²) in [5.41, 5.74) is -1.46. The van der Waals surface area contributed by atoms with Crippen LogP contribution in [0.1, 0.15) is 11.3 Å². The number of aryl methyl sites for hydroxylation is 1. The van der Waals surface area contributed by atoms with Crippen molar-refractivity contribution in [2.45, 2.75) is 13.1 Å². The Bertz CT molecular complexity index is 1030. The summed E-state index contributed by atoms with van der Waals surface area (Å²) in [4.78, 5) is 19.8. The highest BCUT2D eigenvalue weighted by molar-refractivity contribution is 5.91. The third kappa shape index (κ3) is 2.77. The van der Waals surface area contributed by atoms with Crippen molar-refractivity contribution in [2.75, 3.05) is 7.11 Å². The van der Waals surface area contributed by atoms with Crippen LogP contribution < -0.4 is 10.4 Å². The summed E-state index contributed by atoms with van der Waals surface area (Å²) < 4.78 is 45.6. The van der Waals surface area contributed by atoms with Gasteiger partial charge in [-0.25, -0.2) is 4.79 Å². The van der Waals surface area contributed by atoms with Gasteiger partial charge in [0.2, 0.25) is 5.88 Å². The van der Waals surface area contributed by atoms with Crippen LogP contribution in [0.3, 0.4) is 0 Å². The van der Waals surface area contributed by atoms with Crippen molar-refractivity contribution in [1.82, 2.24) is 14.5 Å². The quantitative estimate of drug-likeness (QED) is 0.768. The molecule has 0 unspecified atom stereocenters. The topological polar surface area (TPSA) is 77.2 Å². The second-order valence-corrected chi connectivity index (χ2v) is 5.23. The Morgan fingerprint density at radius 2 is 2.00 bits per heavy atom. The van der Waals surface area contributed by atoms with Crippen LogP contribution >= 0.6 is 0 Å². The standard InChI is InChI=1S/C16H12F3N3O3/c1-8-10(4-3-5-20-8)22-11-6-9(16(17,18)19)7-12(25-2)13(11)14(23)21-15(22)24/h3-7H,1-2H3,(H,21,23,24). The normalized spacial score (nSPS) is 11.7. The number of halogens is 3. The number of hydrogen-bond acceptors (Lipinski definition) is 5. The average Bonchev–Trinajstić information content (AvgIpc) is 2.54. The van der Waals surface area contributed by atoms with Crippen molar-refractivity contribution < 1.29 is 23.0 Å². The molecule has 2 heterocycles. The van der Waals surface area contributed by atoms with E-state index in [9.17, 15) is 23.1 Å². The van der Waals surface area contributed by atoms with Crippen LogP contribution in [0.2, 0.25) is 0 Å². The average molecular weight is 351 g/mol. The van der Waals surface area contributed by atoms with Gasteiger partial charge in [0.25, 0.3) is 0 Å². The lowest BCUT2D eigenvalue weighted by molar-refractivity contribution is -0.137. The Kier molecular flexibility index (Phi) is 3.86. The molecule has 0 atom stereocenters. The monoisotopic (exact) mass is 351 g/mol. The minimum Gasteiger partial charge on any atom is -0.496 e. The smallest absolute Gasteiger partial charge is 0.416 e. The lowest BCUT2D eigenvalue weighted by atomic mass is 10.1. The second kappa shape index (κ2) is 5.76. The zero-order valence-corrected chi connectivity index (χ0v) is 13.1. The van der Waals surface area contributed by atoms with E-state index in [0.717, 1.165) is 16.7 Å². The number of pyridine rings is 1. The second-order valence-electron chi connectivity index (χ2n) is 5.23. The SMILES string of the molecule is COc1cc(C(F)(F)F)cc2c1c(O)nc(=O)n2-c1cccnc1C. The van der Waals surface area contributed by atoms with Crippen molar-refractivity contribution >= 4 is 10.9 Å². The fourth-order valence-electron chi connectivity index (χ4n) is 2.57. The van der Waals surface area contributed by atoms with Crippen LogP contribution in [0.15, 0.2) is 35.3 Å². The van der Waals surface area contributed by atoms with Gasteiger partial charge in [-0.2, -0.15) is 18.2 Å². The third-order valence-corrected chi connectivity index (χ3v) is 3.71. The number of aromatic hydroxyl groups is 1. The fourth-order valence-corrected chi connectivity index (χ4v) is 2.57. The molecule has 0 amide bonds. The molecular weight excluding hydrogens is 339 g/mol. The van der Waals surface area contributed by atoms with Crippen LogP contribution in [0.5, 0.6) is 11.6 Å². The molecule has 0 aliphatic rings. The van der Waals surface area contributed by atoms with Crippen LogP contribution in [0, 0.1) is 6.92 Å². The van der Waals surface area contributed by atoms with Gasteiger partial charge in [-0.1, -0.05) is 0 Å². The molecule has 2 aromatic heterocycles. The van der Waals surface area contributed by atoms with Crippen LogP contribution in [-0.4, -0.2) is 26.8 Å². The summed E-state index contributed by atoms with van der Waals surface area (Å²) in [5, 5.41) is 9.90. The molecule has 0 bridgehead atoms. The third-order valence-electron chi connectivity index (χ3n) is 3.71. The van der Waals surface area contributed by atoms with Gasteiger partial charge in [0.1, 0.15) is 11.1 Å². The van der Waals surface area contributed by atoms with Crippen LogP contribution in [0.4, 0.5) is 13.2 Å². The first-order chi connectivity index (χ1) is 11.7. The van der Waals surface area contributed by atoms with Gasteiger partial charge >= 0.3 is 11.9 Å². The van der Waals surface area contributed by atoms with Crippen LogP contribution in [0.25, 0.3) is 16.6 Å². The molecule has 0 spiro atoms. The van der Waals surface area contributed by atoms with Crippen molar-refractivity contribution in [2.24, 2.45) is 0 Å². The number of hydrogen-bond donors (Lipinski definition) is 1. The van der Waals surface area contributed by atoms with Crippen molar-refractivity contribution in [3.8, 4) is 17.3 Å².